The molecule has 0 radical (unpaired) electrons. The second kappa shape index (κ2) is 9.78. The topological polar surface area (TPSA) is 30.5 Å². The van der Waals surface area contributed by atoms with E-state index in [0.717, 1.165) is 31.7 Å². The molecule has 1 unspecified atom stereocenters. The van der Waals surface area contributed by atoms with Gasteiger partial charge in [0, 0.05) is 12.6 Å². The maximum absolute atomic E-state index is 5.53. The van der Waals surface area contributed by atoms with Gasteiger partial charge in [-0.05, 0) is 64.3 Å². The van der Waals surface area contributed by atoms with Gasteiger partial charge in [-0.3, -0.25) is 0 Å². The van der Waals surface area contributed by atoms with Crippen molar-refractivity contribution in [3.05, 3.63) is 29.8 Å². The molecule has 0 fully saturated rings. The minimum atomic E-state index is 0.344. The molecule has 3 nitrogen and oxygen atoms in total. The Labute approximate surface area is 123 Å². The van der Waals surface area contributed by atoms with Crippen LogP contribution in [0.3, 0.4) is 0 Å². The van der Waals surface area contributed by atoms with Crippen LogP contribution in [0.2, 0.25) is 0 Å². The lowest BCUT2D eigenvalue weighted by molar-refractivity contribution is 0.0759. The number of hydrogen-bond acceptors (Lipinski definition) is 3. The summed E-state index contributed by atoms with van der Waals surface area (Å²) in [5.41, 5.74) is 1.34. The number of hydrogen-bond donors (Lipinski definition) is 1. The summed E-state index contributed by atoms with van der Waals surface area (Å²) in [6.07, 6.45) is 3.68. The zero-order valence-corrected chi connectivity index (χ0v) is 13.3. The van der Waals surface area contributed by atoms with Crippen LogP contribution in [0, 0.1) is 0 Å². The highest BCUT2D eigenvalue weighted by Gasteiger charge is 2.03. The Morgan fingerprint density at radius 3 is 2.35 bits per heavy atom. The van der Waals surface area contributed by atoms with Crippen LogP contribution >= 0.6 is 0 Å². The predicted molar refractivity (Wildman–Crippen MR) is 84.5 cm³/mol. The molecule has 0 aromatic heterocycles. The molecular weight excluding hydrogens is 250 g/mol. The molecular formula is C17H29NO2. The van der Waals surface area contributed by atoms with Gasteiger partial charge < -0.3 is 14.8 Å². The summed E-state index contributed by atoms with van der Waals surface area (Å²) in [7, 11) is 1.70. The third-order valence-electron chi connectivity index (χ3n) is 3.22. The van der Waals surface area contributed by atoms with E-state index in [4.69, 9.17) is 9.47 Å². The molecule has 0 saturated carbocycles. The van der Waals surface area contributed by atoms with Gasteiger partial charge in [0.15, 0.2) is 0 Å². The number of methoxy groups -OCH3 is 1. The Hall–Kier alpha value is -1.06. The summed E-state index contributed by atoms with van der Waals surface area (Å²) in [4.78, 5) is 0. The first kappa shape index (κ1) is 17.0. The fourth-order valence-electron chi connectivity index (χ4n) is 2.08. The molecule has 0 aliphatic carbocycles. The van der Waals surface area contributed by atoms with Crippen molar-refractivity contribution >= 4 is 0 Å². The molecule has 1 aromatic rings. The van der Waals surface area contributed by atoms with Gasteiger partial charge in [-0.2, -0.15) is 0 Å². The van der Waals surface area contributed by atoms with Crippen LogP contribution in [0.25, 0.3) is 0 Å². The maximum atomic E-state index is 5.53. The Morgan fingerprint density at radius 1 is 1.05 bits per heavy atom. The lowest BCUT2D eigenvalue weighted by Gasteiger charge is -2.14. The van der Waals surface area contributed by atoms with Crippen LogP contribution in [0.5, 0.6) is 5.75 Å². The van der Waals surface area contributed by atoms with E-state index < -0.39 is 0 Å². The molecule has 0 heterocycles. The monoisotopic (exact) mass is 279 g/mol. The average Bonchev–Trinajstić information content (AvgIpc) is 2.43. The van der Waals surface area contributed by atoms with Gasteiger partial charge in [-0.1, -0.05) is 12.1 Å². The minimum Gasteiger partial charge on any atom is -0.497 e. The fraction of sp³-hybridized carbons (Fsp3) is 0.647. The van der Waals surface area contributed by atoms with Crippen LogP contribution in [0.4, 0.5) is 0 Å². The van der Waals surface area contributed by atoms with Crippen LogP contribution in [-0.4, -0.2) is 32.4 Å². The molecule has 0 spiro atoms. The van der Waals surface area contributed by atoms with E-state index in [2.05, 4.69) is 38.2 Å². The van der Waals surface area contributed by atoms with E-state index in [1.54, 1.807) is 7.11 Å². The van der Waals surface area contributed by atoms with E-state index in [1.807, 2.05) is 12.1 Å². The average molecular weight is 279 g/mol. The van der Waals surface area contributed by atoms with Crippen molar-refractivity contribution in [1.82, 2.24) is 5.32 Å². The molecule has 20 heavy (non-hydrogen) atoms. The highest BCUT2D eigenvalue weighted by molar-refractivity contribution is 5.27. The first-order valence-corrected chi connectivity index (χ1v) is 7.59. The molecule has 1 N–H and O–H groups in total. The van der Waals surface area contributed by atoms with Crippen molar-refractivity contribution in [2.45, 2.75) is 52.2 Å². The van der Waals surface area contributed by atoms with Crippen molar-refractivity contribution in [2.24, 2.45) is 0 Å². The molecule has 0 aliphatic rings. The molecule has 1 rings (SSSR count). The number of unbranched alkanes of at least 4 members (excludes halogenated alkanes) is 1. The van der Waals surface area contributed by atoms with Crippen molar-refractivity contribution in [1.29, 1.82) is 0 Å². The van der Waals surface area contributed by atoms with E-state index >= 15 is 0 Å². The molecule has 0 bridgehead atoms. The van der Waals surface area contributed by atoms with Crippen LogP contribution in [0.1, 0.15) is 39.2 Å². The Bertz CT molecular complexity index is 349. The van der Waals surface area contributed by atoms with E-state index in [1.165, 1.54) is 12.0 Å². The third-order valence-corrected chi connectivity index (χ3v) is 3.22. The number of rotatable bonds is 10. The first-order valence-electron chi connectivity index (χ1n) is 7.59. The minimum absolute atomic E-state index is 0.344. The fourth-order valence-corrected chi connectivity index (χ4v) is 2.08. The predicted octanol–water partition coefficient (Wildman–Crippen LogP) is 3.42. The Morgan fingerprint density at radius 2 is 1.75 bits per heavy atom. The second-order valence-electron chi connectivity index (χ2n) is 5.53. The zero-order chi connectivity index (χ0) is 14.8. The summed E-state index contributed by atoms with van der Waals surface area (Å²) in [5, 5.41) is 3.56. The maximum Gasteiger partial charge on any atom is 0.118 e. The highest BCUT2D eigenvalue weighted by Crippen LogP contribution is 2.12. The van der Waals surface area contributed by atoms with Crippen molar-refractivity contribution in [3.63, 3.8) is 0 Å². The standard InChI is InChI=1S/C17H29NO2/c1-14(2)20-12-6-5-11-18-15(3)13-16-7-9-17(19-4)10-8-16/h7-10,14-15,18H,5-6,11-13H2,1-4H3. The quantitative estimate of drug-likeness (QED) is 0.666. The van der Waals surface area contributed by atoms with Crippen molar-refractivity contribution in [3.8, 4) is 5.75 Å². The third kappa shape index (κ3) is 7.51. The van der Waals surface area contributed by atoms with Gasteiger partial charge in [0.1, 0.15) is 5.75 Å². The number of nitrogens with one attached hydrogen (secondary N) is 1. The van der Waals surface area contributed by atoms with Gasteiger partial charge in [0.05, 0.1) is 13.2 Å². The van der Waals surface area contributed by atoms with Gasteiger partial charge in [0.2, 0.25) is 0 Å². The highest BCUT2D eigenvalue weighted by atomic mass is 16.5. The molecule has 114 valence electrons. The molecule has 1 atom stereocenters. The number of ether oxygens (including phenoxy) is 2. The van der Waals surface area contributed by atoms with Crippen LogP contribution in [0.15, 0.2) is 24.3 Å². The summed E-state index contributed by atoms with van der Waals surface area (Å²) in [5.74, 6) is 0.916. The van der Waals surface area contributed by atoms with Gasteiger partial charge in [-0.25, -0.2) is 0 Å². The van der Waals surface area contributed by atoms with Crippen molar-refractivity contribution < 1.29 is 9.47 Å². The first-order chi connectivity index (χ1) is 9.61. The summed E-state index contributed by atoms with van der Waals surface area (Å²) in [6, 6.07) is 8.80. The van der Waals surface area contributed by atoms with Crippen LogP contribution in [-0.2, 0) is 11.2 Å². The van der Waals surface area contributed by atoms with Gasteiger partial charge in [0.25, 0.3) is 0 Å². The van der Waals surface area contributed by atoms with Gasteiger partial charge in [-0.15, -0.1) is 0 Å². The summed E-state index contributed by atoms with van der Waals surface area (Å²) in [6.45, 7) is 8.31. The lowest BCUT2D eigenvalue weighted by atomic mass is 10.1. The molecule has 3 heteroatoms. The summed E-state index contributed by atoms with van der Waals surface area (Å²) < 4.78 is 10.7. The largest absolute Gasteiger partial charge is 0.497 e. The second-order valence-corrected chi connectivity index (χ2v) is 5.53. The molecule has 1 aromatic carbocycles. The summed E-state index contributed by atoms with van der Waals surface area (Å²) >= 11 is 0. The van der Waals surface area contributed by atoms with E-state index in [9.17, 15) is 0 Å². The molecule has 0 amide bonds. The molecule has 0 saturated heterocycles. The SMILES string of the molecule is COc1ccc(CC(C)NCCCCOC(C)C)cc1. The van der Waals surface area contributed by atoms with Crippen LogP contribution < -0.4 is 10.1 Å². The number of benzene rings is 1. The van der Waals surface area contributed by atoms with E-state index in [0.29, 0.717) is 12.1 Å². The molecule has 0 aliphatic heterocycles. The Kier molecular flexibility index (Phi) is 8.31. The zero-order valence-electron chi connectivity index (χ0n) is 13.3. The smallest absolute Gasteiger partial charge is 0.118 e. The van der Waals surface area contributed by atoms with Crippen molar-refractivity contribution in [2.75, 3.05) is 20.3 Å². The lowest BCUT2D eigenvalue weighted by Crippen LogP contribution is -2.29. The van der Waals surface area contributed by atoms with E-state index in [-0.39, 0.29) is 0 Å². The van der Waals surface area contributed by atoms with Gasteiger partial charge >= 0.3 is 0 Å². The Balaban J connectivity index is 2.11. The normalized spacial score (nSPS) is 12.7.